The summed E-state index contributed by atoms with van der Waals surface area (Å²) in [6, 6.07) is 10.3. The highest BCUT2D eigenvalue weighted by molar-refractivity contribution is 5.85. The van der Waals surface area contributed by atoms with Crippen LogP contribution < -0.4 is 10.2 Å². The van der Waals surface area contributed by atoms with Gasteiger partial charge in [-0.25, -0.2) is 9.97 Å². The van der Waals surface area contributed by atoms with Gasteiger partial charge in [-0.1, -0.05) is 0 Å². The van der Waals surface area contributed by atoms with Crippen LogP contribution >= 0.6 is 0 Å². The highest BCUT2D eigenvalue weighted by Gasteiger charge is 2.15. The van der Waals surface area contributed by atoms with Gasteiger partial charge in [-0.05, 0) is 37.3 Å². The van der Waals surface area contributed by atoms with Crippen molar-refractivity contribution < 1.29 is 4.74 Å². The molecule has 1 aliphatic rings. The summed E-state index contributed by atoms with van der Waals surface area (Å²) in [5.74, 6) is 0.777. The van der Waals surface area contributed by atoms with Crippen molar-refractivity contribution in [1.29, 1.82) is 0 Å². The number of pyridine rings is 3. The third-order valence-electron chi connectivity index (χ3n) is 6.02. The molecule has 0 spiro atoms. The van der Waals surface area contributed by atoms with Gasteiger partial charge >= 0.3 is 0 Å². The first-order chi connectivity index (χ1) is 15.8. The number of anilines is 3. The highest BCUT2D eigenvalue weighted by atomic mass is 16.5. The summed E-state index contributed by atoms with van der Waals surface area (Å²) in [5, 5.41) is 3.47. The Morgan fingerprint density at radius 2 is 1.94 bits per heavy atom. The van der Waals surface area contributed by atoms with Crippen LogP contribution in [0.4, 0.5) is 17.2 Å². The molecule has 0 atom stereocenters. The molecule has 0 aliphatic carbocycles. The number of aromatic nitrogens is 5. The summed E-state index contributed by atoms with van der Waals surface area (Å²) >= 11 is 0. The molecule has 1 saturated heterocycles. The van der Waals surface area contributed by atoms with Gasteiger partial charge in [-0.3, -0.25) is 4.98 Å². The van der Waals surface area contributed by atoms with Gasteiger partial charge in [-0.15, -0.1) is 0 Å². The molecule has 0 saturated carbocycles. The van der Waals surface area contributed by atoms with Gasteiger partial charge in [0.05, 0.1) is 41.8 Å². The van der Waals surface area contributed by atoms with Gasteiger partial charge in [0.1, 0.15) is 5.82 Å². The summed E-state index contributed by atoms with van der Waals surface area (Å²) in [6.45, 7) is 5.40. The summed E-state index contributed by atoms with van der Waals surface area (Å²) in [4.78, 5) is 19.4. The molecule has 1 aliphatic heterocycles. The largest absolute Gasteiger partial charge is 0.378 e. The number of H-pyrrole nitrogens is 1. The number of imidazole rings is 1. The normalized spacial score (nSPS) is 14.3. The van der Waals surface area contributed by atoms with E-state index in [0.717, 1.165) is 77.0 Å². The molecule has 32 heavy (non-hydrogen) atoms. The average molecular weight is 425 g/mol. The second-order valence-electron chi connectivity index (χ2n) is 7.94. The maximum absolute atomic E-state index is 5.44. The monoisotopic (exact) mass is 425 g/mol. The number of nitrogens with zero attached hydrogens (tertiary/aromatic N) is 5. The highest BCUT2D eigenvalue weighted by Crippen LogP contribution is 2.32. The smallest absolute Gasteiger partial charge is 0.160 e. The maximum Gasteiger partial charge on any atom is 0.160 e. The first-order valence-corrected chi connectivity index (χ1v) is 10.7. The van der Waals surface area contributed by atoms with Crippen molar-refractivity contribution in [3.8, 4) is 11.1 Å². The summed E-state index contributed by atoms with van der Waals surface area (Å²) in [6.07, 6.45) is 9.54. The first kappa shape index (κ1) is 18.8. The van der Waals surface area contributed by atoms with Gasteiger partial charge in [0.15, 0.2) is 5.65 Å². The van der Waals surface area contributed by atoms with Crippen LogP contribution in [-0.4, -0.2) is 50.6 Å². The molecule has 0 bridgehead atoms. The Bertz CT molecular complexity index is 1400. The van der Waals surface area contributed by atoms with E-state index in [2.05, 4.69) is 59.7 Å². The second kappa shape index (κ2) is 7.65. The molecule has 5 aromatic rings. The van der Waals surface area contributed by atoms with Crippen molar-refractivity contribution in [2.45, 2.75) is 6.92 Å². The van der Waals surface area contributed by atoms with Gasteiger partial charge in [-0.2, -0.15) is 0 Å². The third-order valence-corrected chi connectivity index (χ3v) is 6.02. The van der Waals surface area contributed by atoms with Gasteiger partial charge in [0.2, 0.25) is 0 Å². The predicted octanol–water partition coefficient (Wildman–Crippen LogP) is 4.16. The van der Waals surface area contributed by atoms with E-state index < -0.39 is 0 Å². The summed E-state index contributed by atoms with van der Waals surface area (Å²) < 4.78 is 7.54. The molecule has 6 heterocycles. The van der Waals surface area contributed by atoms with E-state index in [0.29, 0.717) is 0 Å². The molecule has 1 fully saturated rings. The van der Waals surface area contributed by atoms with E-state index in [4.69, 9.17) is 4.74 Å². The number of fused-ring (bicyclic) bond motifs is 2. The maximum atomic E-state index is 5.44. The minimum absolute atomic E-state index is 0.757. The standard InChI is InChI=1S/C24H23N7O/c1-16-19(17-12-21-20(27-14-17)4-5-25-21)13-22(24-26-6-7-31(16)24)29-23-3-2-18(15-28-23)30-8-10-32-11-9-30/h2-7,12-15,25H,8-11H2,1H3,(H,28,29). The van der Waals surface area contributed by atoms with Crippen molar-refractivity contribution in [1.82, 2.24) is 24.3 Å². The van der Waals surface area contributed by atoms with Crippen LogP contribution in [0.25, 0.3) is 27.8 Å². The lowest BCUT2D eigenvalue weighted by molar-refractivity contribution is 0.122. The molecule has 160 valence electrons. The van der Waals surface area contributed by atoms with Crippen LogP contribution in [0.3, 0.4) is 0 Å². The lowest BCUT2D eigenvalue weighted by Gasteiger charge is -2.28. The Balaban J connectivity index is 1.37. The van der Waals surface area contributed by atoms with E-state index in [1.54, 1.807) is 0 Å². The SMILES string of the molecule is Cc1c(-c2cnc3cc[nH]c3c2)cc(Nc2ccc(N3CCOCC3)cn2)c2nccn12. The summed E-state index contributed by atoms with van der Waals surface area (Å²) in [5.41, 5.74) is 8.08. The molecule has 8 heteroatoms. The van der Waals surface area contributed by atoms with Crippen molar-refractivity contribution in [2.75, 3.05) is 36.5 Å². The lowest BCUT2D eigenvalue weighted by Crippen LogP contribution is -2.36. The molecule has 0 unspecified atom stereocenters. The van der Waals surface area contributed by atoms with Crippen molar-refractivity contribution >= 4 is 33.9 Å². The van der Waals surface area contributed by atoms with Crippen LogP contribution in [0.2, 0.25) is 0 Å². The fourth-order valence-corrected chi connectivity index (χ4v) is 4.29. The van der Waals surface area contributed by atoms with E-state index in [-0.39, 0.29) is 0 Å². The number of hydrogen-bond acceptors (Lipinski definition) is 6. The fourth-order valence-electron chi connectivity index (χ4n) is 4.29. The number of hydrogen-bond donors (Lipinski definition) is 2. The minimum Gasteiger partial charge on any atom is -0.378 e. The Labute approximate surface area is 184 Å². The van der Waals surface area contributed by atoms with Gasteiger partial charge in [0.25, 0.3) is 0 Å². The Kier molecular flexibility index (Phi) is 4.50. The van der Waals surface area contributed by atoms with Crippen molar-refractivity contribution in [3.05, 3.63) is 67.0 Å². The molecule has 0 aromatic carbocycles. The van der Waals surface area contributed by atoms with Crippen molar-refractivity contribution in [3.63, 3.8) is 0 Å². The van der Waals surface area contributed by atoms with Crippen molar-refractivity contribution in [2.24, 2.45) is 0 Å². The third kappa shape index (κ3) is 3.25. The number of aromatic amines is 1. The van der Waals surface area contributed by atoms with E-state index in [1.807, 2.05) is 43.1 Å². The molecule has 0 amide bonds. The number of aryl methyl sites for hydroxylation is 1. The molecular formula is C24H23N7O. The quantitative estimate of drug-likeness (QED) is 0.450. The Hall–Kier alpha value is -3.91. The van der Waals surface area contributed by atoms with Gasteiger partial charge < -0.3 is 24.3 Å². The molecule has 6 rings (SSSR count). The minimum atomic E-state index is 0.757. The lowest BCUT2D eigenvalue weighted by atomic mass is 10.0. The zero-order valence-electron chi connectivity index (χ0n) is 17.7. The topological polar surface area (TPSA) is 83.4 Å². The zero-order valence-corrected chi connectivity index (χ0v) is 17.7. The Morgan fingerprint density at radius 3 is 2.78 bits per heavy atom. The second-order valence-corrected chi connectivity index (χ2v) is 7.94. The predicted molar refractivity (Wildman–Crippen MR) is 126 cm³/mol. The van der Waals surface area contributed by atoms with Crippen LogP contribution in [0.15, 0.2) is 61.3 Å². The fraction of sp³-hybridized carbons (Fsp3) is 0.208. The Morgan fingerprint density at radius 1 is 1.03 bits per heavy atom. The zero-order chi connectivity index (χ0) is 21.5. The van der Waals surface area contributed by atoms with E-state index in [9.17, 15) is 0 Å². The average Bonchev–Trinajstić information content (AvgIpc) is 3.52. The van der Waals surface area contributed by atoms with Gasteiger partial charge in [0, 0.05) is 54.7 Å². The molecule has 2 N–H and O–H groups in total. The van der Waals surface area contributed by atoms with Crippen LogP contribution in [0.1, 0.15) is 5.69 Å². The molecular weight excluding hydrogens is 402 g/mol. The van der Waals surface area contributed by atoms with E-state index >= 15 is 0 Å². The number of rotatable bonds is 4. The van der Waals surface area contributed by atoms with Crippen LogP contribution in [0, 0.1) is 6.92 Å². The van der Waals surface area contributed by atoms with Crippen LogP contribution in [0.5, 0.6) is 0 Å². The molecule has 8 nitrogen and oxygen atoms in total. The first-order valence-electron chi connectivity index (χ1n) is 10.7. The number of nitrogens with one attached hydrogen (secondary N) is 2. The van der Waals surface area contributed by atoms with Crippen LogP contribution in [-0.2, 0) is 4.74 Å². The van der Waals surface area contributed by atoms with E-state index in [1.165, 1.54) is 0 Å². The molecule has 5 aromatic heterocycles. The summed E-state index contributed by atoms with van der Waals surface area (Å²) in [7, 11) is 0. The number of ether oxygens (including phenoxy) is 1. The number of morpholine rings is 1. The molecule has 0 radical (unpaired) electrons.